The van der Waals surface area contributed by atoms with E-state index in [9.17, 15) is 5.11 Å². The van der Waals surface area contributed by atoms with Crippen LogP contribution in [0.4, 0.5) is 0 Å². The van der Waals surface area contributed by atoms with Gasteiger partial charge in [-0.3, -0.25) is 0 Å². The average Bonchev–Trinajstić information content (AvgIpc) is 2.56. The SMILES string of the molecule is NCC(c1ccccc1)C(O)c1ccc2c(c1)OCCO2. The fourth-order valence-electron chi connectivity index (χ4n) is 2.62. The van der Waals surface area contributed by atoms with Crippen LogP contribution in [0.3, 0.4) is 0 Å². The summed E-state index contributed by atoms with van der Waals surface area (Å²) in [6, 6.07) is 15.4. The molecule has 3 N–H and O–H groups in total. The number of benzene rings is 2. The fraction of sp³-hybridized carbons (Fsp3) is 0.294. The molecule has 0 bridgehead atoms. The van der Waals surface area contributed by atoms with Crippen molar-refractivity contribution in [2.75, 3.05) is 19.8 Å². The van der Waals surface area contributed by atoms with Gasteiger partial charge in [-0.15, -0.1) is 0 Å². The molecule has 4 heteroatoms. The third-order valence-electron chi connectivity index (χ3n) is 3.77. The van der Waals surface area contributed by atoms with E-state index in [1.807, 2.05) is 48.5 Å². The summed E-state index contributed by atoms with van der Waals surface area (Å²) >= 11 is 0. The van der Waals surface area contributed by atoms with Gasteiger partial charge in [-0.2, -0.15) is 0 Å². The number of aliphatic hydroxyl groups excluding tert-OH is 1. The summed E-state index contributed by atoms with van der Waals surface area (Å²) < 4.78 is 11.1. The Hall–Kier alpha value is -2.04. The van der Waals surface area contributed by atoms with Gasteiger partial charge in [0.2, 0.25) is 0 Å². The van der Waals surface area contributed by atoms with Crippen molar-refractivity contribution >= 4 is 0 Å². The van der Waals surface area contributed by atoms with Crippen LogP contribution in [0.5, 0.6) is 11.5 Å². The lowest BCUT2D eigenvalue weighted by Gasteiger charge is -2.24. The second kappa shape index (κ2) is 6.16. The van der Waals surface area contributed by atoms with E-state index < -0.39 is 6.10 Å². The van der Waals surface area contributed by atoms with E-state index in [2.05, 4.69) is 0 Å². The normalized spacial score (nSPS) is 16.3. The highest BCUT2D eigenvalue weighted by Gasteiger charge is 2.23. The van der Waals surface area contributed by atoms with Gasteiger partial charge in [0.25, 0.3) is 0 Å². The lowest BCUT2D eigenvalue weighted by molar-refractivity contribution is 0.144. The highest BCUT2D eigenvalue weighted by molar-refractivity contribution is 5.45. The van der Waals surface area contributed by atoms with Crippen molar-refractivity contribution in [3.63, 3.8) is 0 Å². The highest BCUT2D eigenvalue weighted by Crippen LogP contribution is 2.36. The van der Waals surface area contributed by atoms with Crippen LogP contribution in [0.2, 0.25) is 0 Å². The van der Waals surface area contributed by atoms with E-state index >= 15 is 0 Å². The number of fused-ring (bicyclic) bond motifs is 1. The molecule has 0 amide bonds. The molecule has 0 fully saturated rings. The predicted octanol–water partition coefficient (Wildman–Crippen LogP) is 2.23. The van der Waals surface area contributed by atoms with Crippen LogP contribution in [-0.4, -0.2) is 24.9 Å². The molecule has 0 radical (unpaired) electrons. The molecular weight excluding hydrogens is 266 g/mol. The second-order valence-corrected chi connectivity index (χ2v) is 5.10. The molecule has 110 valence electrons. The first-order valence-corrected chi connectivity index (χ1v) is 7.12. The Morgan fingerprint density at radius 1 is 0.952 bits per heavy atom. The molecule has 0 aliphatic carbocycles. The van der Waals surface area contributed by atoms with Gasteiger partial charge in [-0.25, -0.2) is 0 Å². The van der Waals surface area contributed by atoms with Gasteiger partial charge in [0.15, 0.2) is 11.5 Å². The minimum atomic E-state index is -0.673. The number of hydrogen-bond donors (Lipinski definition) is 2. The smallest absolute Gasteiger partial charge is 0.161 e. The Morgan fingerprint density at radius 2 is 1.67 bits per heavy atom. The van der Waals surface area contributed by atoms with Crippen LogP contribution in [-0.2, 0) is 0 Å². The zero-order valence-corrected chi connectivity index (χ0v) is 11.7. The molecule has 1 aliphatic rings. The highest BCUT2D eigenvalue weighted by atomic mass is 16.6. The molecule has 21 heavy (non-hydrogen) atoms. The van der Waals surface area contributed by atoms with Crippen LogP contribution in [0.15, 0.2) is 48.5 Å². The third-order valence-corrected chi connectivity index (χ3v) is 3.77. The minimum absolute atomic E-state index is 0.145. The summed E-state index contributed by atoms with van der Waals surface area (Å²) in [6.07, 6.45) is -0.673. The quantitative estimate of drug-likeness (QED) is 0.904. The molecule has 0 spiro atoms. The van der Waals surface area contributed by atoms with Gasteiger partial charge in [0.1, 0.15) is 13.2 Å². The monoisotopic (exact) mass is 285 g/mol. The van der Waals surface area contributed by atoms with Crippen molar-refractivity contribution in [2.45, 2.75) is 12.0 Å². The first-order chi connectivity index (χ1) is 10.3. The van der Waals surface area contributed by atoms with Crippen LogP contribution in [0.25, 0.3) is 0 Å². The van der Waals surface area contributed by atoms with Gasteiger partial charge in [0.05, 0.1) is 6.10 Å². The molecule has 1 heterocycles. The van der Waals surface area contributed by atoms with Gasteiger partial charge < -0.3 is 20.3 Å². The van der Waals surface area contributed by atoms with Crippen LogP contribution in [0.1, 0.15) is 23.1 Å². The number of aliphatic hydroxyl groups is 1. The second-order valence-electron chi connectivity index (χ2n) is 5.10. The summed E-state index contributed by atoms with van der Waals surface area (Å²) in [5.74, 6) is 1.26. The van der Waals surface area contributed by atoms with E-state index in [0.29, 0.717) is 25.5 Å². The molecule has 1 aliphatic heterocycles. The standard InChI is InChI=1S/C17H19NO3/c18-11-14(12-4-2-1-3-5-12)17(19)13-6-7-15-16(10-13)21-9-8-20-15/h1-7,10,14,17,19H,8-9,11,18H2. The van der Waals surface area contributed by atoms with Crippen LogP contribution in [0, 0.1) is 0 Å². The number of nitrogens with two attached hydrogens (primary N) is 1. The maximum absolute atomic E-state index is 10.7. The molecule has 2 aromatic carbocycles. The molecule has 4 nitrogen and oxygen atoms in total. The van der Waals surface area contributed by atoms with Crippen molar-refractivity contribution in [3.05, 3.63) is 59.7 Å². The maximum atomic E-state index is 10.7. The van der Waals surface area contributed by atoms with Gasteiger partial charge in [-0.1, -0.05) is 36.4 Å². The summed E-state index contributed by atoms with van der Waals surface area (Å²) in [4.78, 5) is 0. The third kappa shape index (κ3) is 2.86. The number of ether oxygens (including phenoxy) is 2. The molecule has 0 saturated heterocycles. The Balaban J connectivity index is 1.88. The lowest BCUT2D eigenvalue weighted by atomic mass is 9.89. The average molecular weight is 285 g/mol. The van der Waals surface area contributed by atoms with Crippen molar-refractivity contribution in [3.8, 4) is 11.5 Å². The van der Waals surface area contributed by atoms with Crippen molar-refractivity contribution in [2.24, 2.45) is 5.73 Å². The summed E-state index contributed by atoms with van der Waals surface area (Å²) in [5.41, 5.74) is 7.69. The van der Waals surface area contributed by atoms with Crippen molar-refractivity contribution in [1.29, 1.82) is 0 Å². The zero-order valence-electron chi connectivity index (χ0n) is 11.7. The minimum Gasteiger partial charge on any atom is -0.486 e. The first kappa shape index (κ1) is 13.9. The topological polar surface area (TPSA) is 64.7 Å². The zero-order chi connectivity index (χ0) is 14.7. The molecule has 0 aromatic heterocycles. The fourth-order valence-corrected chi connectivity index (χ4v) is 2.62. The van der Waals surface area contributed by atoms with E-state index in [4.69, 9.17) is 15.2 Å². The molecule has 2 unspecified atom stereocenters. The number of hydrogen-bond acceptors (Lipinski definition) is 4. The van der Waals surface area contributed by atoms with Gasteiger partial charge in [0, 0.05) is 12.5 Å². The summed E-state index contributed by atoms with van der Waals surface area (Å²) in [5, 5.41) is 10.7. The van der Waals surface area contributed by atoms with E-state index in [1.54, 1.807) is 0 Å². The summed E-state index contributed by atoms with van der Waals surface area (Å²) in [7, 11) is 0. The maximum Gasteiger partial charge on any atom is 0.161 e. The molecule has 0 saturated carbocycles. The van der Waals surface area contributed by atoms with Gasteiger partial charge >= 0.3 is 0 Å². The van der Waals surface area contributed by atoms with Crippen molar-refractivity contribution in [1.82, 2.24) is 0 Å². The molecular formula is C17H19NO3. The van der Waals surface area contributed by atoms with Crippen LogP contribution < -0.4 is 15.2 Å². The Labute approximate surface area is 124 Å². The Morgan fingerprint density at radius 3 is 2.38 bits per heavy atom. The number of rotatable bonds is 4. The Kier molecular flexibility index (Phi) is 4.08. The molecule has 2 atom stereocenters. The van der Waals surface area contributed by atoms with E-state index in [-0.39, 0.29) is 5.92 Å². The first-order valence-electron chi connectivity index (χ1n) is 7.12. The van der Waals surface area contributed by atoms with Crippen LogP contribution >= 0.6 is 0 Å². The van der Waals surface area contributed by atoms with E-state index in [0.717, 1.165) is 16.9 Å². The molecule has 2 aromatic rings. The predicted molar refractivity (Wildman–Crippen MR) is 80.6 cm³/mol. The lowest BCUT2D eigenvalue weighted by Crippen LogP contribution is -2.21. The van der Waals surface area contributed by atoms with Crippen molar-refractivity contribution < 1.29 is 14.6 Å². The Bertz CT molecular complexity index is 600. The summed E-state index contributed by atoms with van der Waals surface area (Å²) in [6.45, 7) is 1.47. The van der Waals surface area contributed by atoms with E-state index in [1.165, 1.54) is 0 Å². The van der Waals surface area contributed by atoms with Gasteiger partial charge in [-0.05, 0) is 23.3 Å². The largest absolute Gasteiger partial charge is 0.486 e. The molecule has 3 rings (SSSR count).